The summed E-state index contributed by atoms with van der Waals surface area (Å²) in [6.07, 6.45) is 0. The van der Waals surface area contributed by atoms with Crippen LogP contribution in [0.4, 0.5) is 0 Å². The second kappa shape index (κ2) is 86.9. The number of hydrogen-bond donors (Lipinski definition) is 0. The first-order valence-electron chi connectivity index (χ1n) is 1.000. The van der Waals surface area contributed by atoms with E-state index in [2.05, 4.69) is 26.3 Å². The standard InChI is InChI=1S/2C2H4.3Na.Zn/c2*1-2;;;;/h2*1-2H2;;;;. The Morgan fingerprint density at radius 2 is 0.500 bits per heavy atom. The third-order valence-electron chi connectivity index (χ3n) is 0. The fourth-order valence-corrected chi connectivity index (χ4v) is 0. The van der Waals surface area contributed by atoms with E-state index in [0.717, 1.165) is 0 Å². The molecule has 3 radical (unpaired) electrons. The molecule has 0 aromatic carbocycles. The summed E-state index contributed by atoms with van der Waals surface area (Å²) < 4.78 is 0. The first-order chi connectivity index (χ1) is 2.00. The Morgan fingerprint density at radius 3 is 0.500 bits per heavy atom. The molecule has 8 heavy (non-hydrogen) atoms. The number of hydrogen-bond acceptors (Lipinski definition) is 0. The molecule has 0 aliphatic carbocycles. The fraction of sp³-hybridized carbons (Fsp3) is 0. The molecule has 0 amide bonds. The molecule has 0 heterocycles. The Hall–Kier alpha value is 3.10. The molecule has 0 N–H and O–H groups in total. The van der Waals surface area contributed by atoms with Gasteiger partial charge in [-0.15, -0.1) is 26.3 Å². The summed E-state index contributed by atoms with van der Waals surface area (Å²) >= 11 is 0. The van der Waals surface area contributed by atoms with Crippen LogP contribution in [0.1, 0.15) is 0 Å². The van der Waals surface area contributed by atoms with E-state index < -0.39 is 0 Å². The molecule has 0 rings (SSSR count). The largest absolute Gasteiger partial charge is 0.106 e. The van der Waals surface area contributed by atoms with Gasteiger partial charge in [0, 0.05) is 108 Å². The topological polar surface area (TPSA) is 0 Å². The van der Waals surface area contributed by atoms with Gasteiger partial charge in [-0.05, 0) is 0 Å². The minimum atomic E-state index is 0. The molecule has 29 valence electrons. The summed E-state index contributed by atoms with van der Waals surface area (Å²) in [6, 6.07) is 0. The van der Waals surface area contributed by atoms with Crippen LogP contribution in [-0.2, 0) is 19.5 Å². The second-order valence-electron chi connectivity index (χ2n) is 0. The molecular formula is C4H8Na3Zn. The van der Waals surface area contributed by atoms with Crippen molar-refractivity contribution in [3.05, 3.63) is 26.3 Å². The van der Waals surface area contributed by atoms with E-state index in [1.165, 1.54) is 0 Å². The summed E-state index contributed by atoms with van der Waals surface area (Å²) in [6.45, 7) is 12.0. The molecule has 0 fully saturated rings. The fourth-order valence-electron chi connectivity index (χ4n) is 0. The quantitative estimate of drug-likeness (QED) is 0.385. The smallest absolute Gasteiger partial charge is 0 e. The van der Waals surface area contributed by atoms with Crippen molar-refractivity contribution in [3.8, 4) is 0 Å². The van der Waals surface area contributed by atoms with Gasteiger partial charge in [0.1, 0.15) is 0 Å². The molecule has 0 saturated carbocycles. The van der Waals surface area contributed by atoms with E-state index in [-0.39, 0.29) is 108 Å². The molecule has 0 spiro atoms. The van der Waals surface area contributed by atoms with Crippen molar-refractivity contribution in [1.29, 1.82) is 0 Å². The van der Waals surface area contributed by atoms with Crippen LogP contribution in [0, 0.1) is 0 Å². The van der Waals surface area contributed by atoms with Crippen molar-refractivity contribution in [2.45, 2.75) is 0 Å². The van der Waals surface area contributed by atoms with E-state index in [1.807, 2.05) is 0 Å². The zero-order valence-electron chi connectivity index (χ0n) is 6.54. The molecule has 0 saturated heterocycles. The molecule has 0 atom stereocenters. The minimum Gasteiger partial charge on any atom is -0.106 e. The minimum absolute atomic E-state index is 0. The van der Waals surface area contributed by atoms with Crippen molar-refractivity contribution >= 4 is 88.7 Å². The predicted molar refractivity (Wildman–Crippen MR) is 39.8 cm³/mol. The Bertz CT molecular complexity index is 13.2. The normalized spacial score (nSPS) is 1.00. The summed E-state index contributed by atoms with van der Waals surface area (Å²) in [7, 11) is 0. The Kier molecular flexibility index (Phi) is 473. The van der Waals surface area contributed by atoms with Gasteiger partial charge in [-0.25, -0.2) is 0 Å². The van der Waals surface area contributed by atoms with Crippen molar-refractivity contribution < 1.29 is 19.5 Å². The van der Waals surface area contributed by atoms with E-state index in [9.17, 15) is 0 Å². The van der Waals surface area contributed by atoms with Gasteiger partial charge < -0.3 is 0 Å². The van der Waals surface area contributed by atoms with Crippen molar-refractivity contribution in [3.63, 3.8) is 0 Å². The van der Waals surface area contributed by atoms with Crippen LogP contribution >= 0.6 is 0 Å². The van der Waals surface area contributed by atoms with Crippen LogP contribution in [0.5, 0.6) is 0 Å². The van der Waals surface area contributed by atoms with E-state index in [0.29, 0.717) is 0 Å². The van der Waals surface area contributed by atoms with Crippen LogP contribution in [0.2, 0.25) is 0 Å². The van der Waals surface area contributed by atoms with Gasteiger partial charge in [-0.3, -0.25) is 0 Å². The van der Waals surface area contributed by atoms with Crippen LogP contribution in [0.15, 0.2) is 26.3 Å². The van der Waals surface area contributed by atoms with Crippen LogP contribution in [0.25, 0.3) is 0 Å². The predicted octanol–water partition coefficient (Wildman–Crippen LogP) is 0.459. The average molecular weight is 190 g/mol. The zero-order valence-corrected chi connectivity index (χ0v) is 15.5. The maximum absolute atomic E-state index is 3.00. The number of rotatable bonds is 0. The van der Waals surface area contributed by atoms with Crippen molar-refractivity contribution in [2.75, 3.05) is 0 Å². The zero-order chi connectivity index (χ0) is 4.00. The van der Waals surface area contributed by atoms with Crippen LogP contribution in [-0.4, -0.2) is 88.7 Å². The van der Waals surface area contributed by atoms with Gasteiger partial charge in [-0.1, -0.05) is 0 Å². The molecule has 0 aromatic rings. The van der Waals surface area contributed by atoms with Gasteiger partial charge in [-0.2, -0.15) is 0 Å². The van der Waals surface area contributed by atoms with Gasteiger partial charge in [0.05, 0.1) is 0 Å². The summed E-state index contributed by atoms with van der Waals surface area (Å²) in [5, 5.41) is 0. The first kappa shape index (κ1) is 43.5. The van der Waals surface area contributed by atoms with Gasteiger partial charge in [0.15, 0.2) is 0 Å². The molecular weight excluding hydrogens is 182 g/mol. The van der Waals surface area contributed by atoms with Crippen molar-refractivity contribution in [2.24, 2.45) is 0 Å². The maximum Gasteiger partial charge on any atom is 0 e. The molecule has 0 aromatic heterocycles. The summed E-state index contributed by atoms with van der Waals surface area (Å²) in [5.41, 5.74) is 0. The monoisotopic (exact) mass is 189 g/mol. The van der Waals surface area contributed by atoms with Crippen molar-refractivity contribution in [1.82, 2.24) is 0 Å². The molecule has 4 heteroatoms. The SMILES string of the molecule is C=C.C=C.[Na].[Na].[Na].[Zn]. The summed E-state index contributed by atoms with van der Waals surface area (Å²) in [5.74, 6) is 0. The Morgan fingerprint density at radius 1 is 0.500 bits per heavy atom. The van der Waals surface area contributed by atoms with Gasteiger partial charge >= 0.3 is 0 Å². The first-order valence-corrected chi connectivity index (χ1v) is 1.000. The van der Waals surface area contributed by atoms with E-state index in [1.54, 1.807) is 0 Å². The molecule has 0 nitrogen and oxygen atoms in total. The third-order valence-corrected chi connectivity index (χ3v) is 0. The molecule has 0 unspecified atom stereocenters. The van der Waals surface area contributed by atoms with E-state index >= 15 is 0 Å². The molecule has 0 bridgehead atoms. The third kappa shape index (κ3) is 62.1. The summed E-state index contributed by atoms with van der Waals surface area (Å²) in [4.78, 5) is 0. The van der Waals surface area contributed by atoms with Gasteiger partial charge in [0.2, 0.25) is 0 Å². The van der Waals surface area contributed by atoms with Gasteiger partial charge in [0.25, 0.3) is 0 Å². The molecule has 0 aliphatic rings. The average Bonchev–Trinajstić information content (AvgIpc) is 1.50. The van der Waals surface area contributed by atoms with E-state index in [4.69, 9.17) is 0 Å². The second-order valence-corrected chi connectivity index (χ2v) is 0. The van der Waals surface area contributed by atoms with Crippen LogP contribution < -0.4 is 0 Å². The van der Waals surface area contributed by atoms with Crippen LogP contribution in [0.3, 0.4) is 0 Å². The maximum atomic E-state index is 3.00. The molecule has 0 aliphatic heterocycles. The Balaban J connectivity index is -0.00000000167. The Labute approximate surface area is 132 Å².